The van der Waals surface area contributed by atoms with Crippen LogP contribution in [0.3, 0.4) is 0 Å². The first-order valence-electron chi connectivity index (χ1n) is 9.24. The number of carbonyl (C=O) groups excluding carboxylic acids is 3. The van der Waals surface area contributed by atoms with Crippen LogP contribution in [0.2, 0.25) is 5.02 Å². The first kappa shape index (κ1) is 17.2. The maximum absolute atomic E-state index is 13.3. The van der Waals surface area contributed by atoms with Crippen LogP contribution in [-0.2, 0) is 24.7 Å². The number of ether oxygens (including phenoxy) is 1. The van der Waals surface area contributed by atoms with E-state index in [1.54, 1.807) is 12.1 Å². The normalized spacial score (nSPS) is 34.4. The van der Waals surface area contributed by atoms with E-state index in [0.29, 0.717) is 22.8 Å². The Bertz CT molecular complexity index is 875. The maximum atomic E-state index is 13.3. The second-order valence-corrected chi connectivity index (χ2v) is 8.02. The minimum Gasteiger partial charge on any atom is -0.383 e. The quantitative estimate of drug-likeness (QED) is 0.786. The van der Waals surface area contributed by atoms with E-state index >= 15 is 0 Å². The highest BCUT2D eigenvalue weighted by Gasteiger charge is 2.74. The van der Waals surface area contributed by atoms with Crippen molar-refractivity contribution in [2.24, 2.45) is 11.8 Å². The molecule has 3 fully saturated rings. The van der Waals surface area contributed by atoms with E-state index in [2.05, 4.69) is 10.2 Å². The van der Waals surface area contributed by atoms with Gasteiger partial charge in [-0.15, -0.1) is 0 Å². The van der Waals surface area contributed by atoms with E-state index in [4.69, 9.17) is 16.3 Å². The first-order chi connectivity index (χ1) is 13.0. The zero-order chi connectivity index (χ0) is 18.9. The van der Waals surface area contributed by atoms with Crippen molar-refractivity contribution in [1.82, 2.24) is 9.80 Å². The summed E-state index contributed by atoms with van der Waals surface area (Å²) in [6.07, 6.45) is 1.71. The number of methoxy groups -OCH3 is 1. The number of amides is 3. The Labute approximate surface area is 161 Å². The summed E-state index contributed by atoms with van der Waals surface area (Å²) in [4.78, 5) is 43.2. The van der Waals surface area contributed by atoms with Crippen LogP contribution < -0.4 is 5.32 Å². The summed E-state index contributed by atoms with van der Waals surface area (Å²) in [6.45, 7) is 1.19. The zero-order valence-corrected chi connectivity index (χ0v) is 15.7. The largest absolute Gasteiger partial charge is 0.383 e. The third-order valence-corrected chi connectivity index (χ3v) is 6.90. The summed E-state index contributed by atoms with van der Waals surface area (Å²) in [6, 6.07) is 5.27. The van der Waals surface area contributed by atoms with E-state index < -0.39 is 17.4 Å². The van der Waals surface area contributed by atoms with Gasteiger partial charge < -0.3 is 10.1 Å². The highest BCUT2D eigenvalue weighted by molar-refractivity contribution is 6.35. The fraction of sp³-hybridized carbons (Fsp3) is 0.526. The number of halogens is 1. The third-order valence-electron chi connectivity index (χ3n) is 6.59. The van der Waals surface area contributed by atoms with Gasteiger partial charge >= 0.3 is 0 Å². The lowest BCUT2D eigenvalue weighted by Gasteiger charge is -2.36. The molecule has 4 aliphatic heterocycles. The average Bonchev–Trinajstić information content (AvgIpc) is 3.34. The molecule has 1 N–H and O–H groups in total. The molecule has 0 bridgehead atoms. The van der Waals surface area contributed by atoms with E-state index in [0.717, 1.165) is 12.8 Å². The third kappa shape index (κ3) is 1.92. The van der Waals surface area contributed by atoms with Crippen LogP contribution in [0.15, 0.2) is 18.2 Å². The van der Waals surface area contributed by atoms with Gasteiger partial charge in [0, 0.05) is 18.7 Å². The molecule has 8 heteroatoms. The van der Waals surface area contributed by atoms with Crippen LogP contribution >= 0.6 is 11.6 Å². The second-order valence-electron chi connectivity index (χ2n) is 7.61. The molecular formula is C19H20ClN3O4. The second kappa shape index (κ2) is 5.77. The zero-order valence-electron chi connectivity index (χ0n) is 14.9. The highest BCUT2D eigenvalue weighted by atomic mass is 35.5. The van der Waals surface area contributed by atoms with Gasteiger partial charge in [0.2, 0.25) is 11.8 Å². The molecule has 1 spiro atoms. The number of carbonyl (C=O) groups is 3. The topological polar surface area (TPSA) is 78.9 Å². The van der Waals surface area contributed by atoms with Crippen molar-refractivity contribution in [1.29, 1.82) is 0 Å². The molecule has 0 aliphatic carbocycles. The number of para-hydroxylation sites is 1. The van der Waals surface area contributed by atoms with Gasteiger partial charge in [-0.25, -0.2) is 0 Å². The summed E-state index contributed by atoms with van der Waals surface area (Å²) in [5.41, 5.74) is 0.126. The first-order valence-corrected chi connectivity index (χ1v) is 9.62. The van der Waals surface area contributed by atoms with Gasteiger partial charge in [-0.1, -0.05) is 23.7 Å². The van der Waals surface area contributed by atoms with Crippen molar-refractivity contribution < 1.29 is 19.1 Å². The number of anilines is 1. The molecule has 7 nitrogen and oxygen atoms in total. The molecule has 3 amide bonds. The Kier molecular flexibility index (Phi) is 3.67. The van der Waals surface area contributed by atoms with E-state index in [-0.39, 0.29) is 36.9 Å². The van der Waals surface area contributed by atoms with Gasteiger partial charge in [0.15, 0.2) is 0 Å². The highest BCUT2D eigenvalue weighted by Crippen LogP contribution is 2.60. The molecule has 0 unspecified atom stereocenters. The number of rotatable bonds is 3. The number of benzene rings is 1. The number of likely N-dealkylation sites (tertiary alicyclic amines) is 1. The SMILES string of the molecule is COCCN1C(=O)[C@H]2[C@@H](C1=O)[C@@]1(C(=O)Nc3c(Cl)cccc31)N1CCC[C@@H]21. The fourth-order valence-corrected chi connectivity index (χ4v) is 5.88. The molecule has 3 saturated heterocycles. The Morgan fingerprint density at radius 2 is 2.11 bits per heavy atom. The predicted octanol–water partition coefficient (Wildman–Crippen LogP) is 1.21. The Hall–Kier alpha value is -1.96. The number of hydrogen-bond donors (Lipinski definition) is 1. The van der Waals surface area contributed by atoms with Crippen molar-refractivity contribution in [2.45, 2.75) is 24.4 Å². The van der Waals surface area contributed by atoms with Gasteiger partial charge in [-0.2, -0.15) is 0 Å². The monoisotopic (exact) mass is 389 g/mol. The summed E-state index contributed by atoms with van der Waals surface area (Å²) >= 11 is 6.33. The molecule has 0 aromatic heterocycles. The van der Waals surface area contributed by atoms with Crippen LogP contribution in [0.5, 0.6) is 0 Å². The lowest BCUT2D eigenvalue weighted by Crippen LogP contribution is -2.54. The van der Waals surface area contributed by atoms with Crippen molar-refractivity contribution in [2.75, 3.05) is 32.1 Å². The smallest absolute Gasteiger partial charge is 0.250 e. The van der Waals surface area contributed by atoms with Gasteiger partial charge in [0.05, 0.1) is 35.7 Å². The molecule has 4 aliphatic rings. The van der Waals surface area contributed by atoms with Crippen molar-refractivity contribution in [3.63, 3.8) is 0 Å². The van der Waals surface area contributed by atoms with Gasteiger partial charge in [-0.3, -0.25) is 24.2 Å². The van der Waals surface area contributed by atoms with E-state index in [1.165, 1.54) is 12.0 Å². The summed E-state index contributed by atoms with van der Waals surface area (Å²) in [5, 5.41) is 3.35. The molecule has 1 aromatic carbocycles. The molecule has 4 atom stereocenters. The Morgan fingerprint density at radius 3 is 2.89 bits per heavy atom. The molecule has 4 heterocycles. The number of hydrogen-bond acceptors (Lipinski definition) is 5. The molecule has 5 rings (SSSR count). The van der Waals surface area contributed by atoms with Crippen LogP contribution in [-0.4, -0.2) is 60.4 Å². The standard InChI is InChI=1S/C19H20ClN3O4/c1-27-9-8-22-16(24)13-12-6-3-7-23(12)19(14(13)17(22)25)10-4-2-5-11(20)15(10)21-18(19)26/h2,4-5,12-14H,3,6-9H2,1H3,(H,21,26)/t12-,13+,14-,19-/m0/s1. The summed E-state index contributed by atoms with van der Waals surface area (Å²) in [5.74, 6) is -1.92. The number of nitrogens with zero attached hydrogens (tertiary/aromatic N) is 2. The van der Waals surface area contributed by atoms with Crippen LogP contribution in [0.1, 0.15) is 18.4 Å². The van der Waals surface area contributed by atoms with Gasteiger partial charge in [-0.05, 0) is 25.5 Å². The lowest BCUT2D eigenvalue weighted by molar-refractivity contribution is -0.146. The maximum Gasteiger partial charge on any atom is 0.250 e. The molecule has 1 aromatic rings. The molecular weight excluding hydrogens is 370 g/mol. The van der Waals surface area contributed by atoms with Crippen molar-refractivity contribution >= 4 is 35.0 Å². The summed E-state index contributed by atoms with van der Waals surface area (Å²) in [7, 11) is 1.54. The average molecular weight is 390 g/mol. The number of fused-ring (bicyclic) bond motifs is 7. The van der Waals surface area contributed by atoms with E-state index in [1.807, 2.05) is 6.07 Å². The Balaban J connectivity index is 1.70. The number of nitrogens with one attached hydrogen (secondary N) is 1. The molecule has 27 heavy (non-hydrogen) atoms. The van der Waals surface area contributed by atoms with Crippen LogP contribution in [0.4, 0.5) is 5.69 Å². The predicted molar refractivity (Wildman–Crippen MR) is 97.1 cm³/mol. The fourth-order valence-electron chi connectivity index (χ4n) is 5.66. The molecule has 0 saturated carbocycles. The Morgan fingerprint density at radius 1 is 1.30 bits per heavy atom. The van der Waals surface area contributed by atoms with Crippen molar-refractivity contribution in [3.05, 3.63) is 28.8 Å². The van der Waals surface area contributed by atoms with Gasteiger partial charge in [0.1, 0.15) is 5.54 Å². The number of imide groups is 1. The van der Waals surface area contributed by atoms with E-state index in [9.17, 15) is 14.4 Å². The van der Waals surface area contributed by atoms with Crippen LogP contribution in [0.25, 0.3) is 0 Å². The van der Waals surface area contributed by atoms with Crippen LogP contribution in [0, 0.1) is 11.8 Å². The molecule has 0 radical (unpaired) electrons. The van der Waals surface area contributed by atoms with Gasteiger partial charge in [0.25, 0.3) is 5.91 Å². The van der Waals surface area contributed by atoms with Crippen molar-refractivity contribution in [3.8, 4) is 0 Å². The lowest BCUT2D eigenvalue weighted by atomic mass is 9.75. The summed E-state index contributed by atoms with van der Waals surface area (Å²) < 4.78 is 5.07. The molecule has 142 valence electrons. The minimum atomic E-state index is -1.15. The minimum absolute atomic E-state index is 0.102.